The Balaban J connectivity index is 1.94. The number of hydrogen-bond donors (Lipinski definition) is 1. The van der Waals surface area contributed by atoms with Crippen molar-refractivity contribution in [1.82, 2.24) is 5.43 Å². The Bertz CT molecular complexity index is 1140. The van der Waals surface area contributed by atoms with Gasteiger partial charge in [0, 0.05) is 18.4 Å². The van der Waals surface area contributed by atoms with E-state index in [1.54, 1.807) is 18.3 Å². The van der Waals surface area contributed by atoms with Crippen LogP contribution in [-0.4, -0.2) is 34.3 Å². The number of anilines is 1. The number of carbonyl (C=O) groups is 1. The van der Waals surface area contributed by atoms with E-state index in [0.29, 0.717) is 22.2 Å². The molecule has 2 aromatic carbocycles. The third-order valence-electron chi connectivity index (χ3n) is 4.64. The number of benzene rings is 2. The van der Waals surface area contributed by atoms with Crippen molar-refractivity contribution in [2.45, 2.75) is 18.2 Å². The Morgan fingerprint density at radius 1 is 1.13 bits per heavy atom. The molecule has 30 heavy (non-hydrogen) atoms. The molecule has 1 heterocycles. The first kappa shape index (κ1) is 21.1. The van der Waals surface area contributed by atoms with Crippen LogP contribution in [0.4, 0.5) is 5.69 Å². The normalized spacial score (nSPS) is 16.1. The van der Waals surface area contributed by atoms with E-state index in [0.717, 1.165) is 5.56 Å². The van der Waals surface area contributed by atoms with Crippen molar-refractivity contribution in [3.05, 3.63) is 48.0 Å². The first-order valence-corrected chi connectivity index (χ1v) is 10.4. The number of nitrogens with zero attached hydrogens (tertiary/aromatic N) is 3. The second-order valence-corrected chi connectivity index (χ2v) is 8.36. The lowest BCUT2D eigenvalue weighted by Gasteiger charge is -2.20. The van der Waals surface area contributed by atoms with Crippen LogP contribution >= 0.6 is 0 Å². The zero-order chi connectivity index (χ0) is 21.9. The van der Waals surface area contributed by atoms with Crippen LogP contribution in [0, 0.1) is 17.4 Å². The number of hydrazone groups is 1. The number of nitriles is 1. The Hall–Kier alpha value is -3.58. The molecule has 1 aliphatic heterocycles. The van der Waals surface area contributed by atoms with Crippen molar-refractivity contribution in [1.29, 1.82) is 5.26 Å². The van der Waals surface area contributed by atoms with Gasteiger partial charge in [-0.1, -0.05) is 19.1 Å². The summed E-state index contributed by atoms with van der Waals surface area (Å²) in [6, 6.07) is 10.5. The minimum Gasteiger partial charge on any atom is -0.493 e. The van der Waals surface area contributed by atoms with Crippen molar-refractivity contribution < 1.29 is 22.7 Å². The summed E-state index contributed by atoms with van der Waals surface area (Å²) in [5, 5.41) is 13.6. The fourth-order valence-electron chi connectivity index (χ4n) is 3.10. The summed E-state index contributed by atoms with van der Waals surface area (Å²) in [5.74, 6) is 0.378. The van der Waals surface area contributed by atoms with Gasteiger partial charge in [-0.15, -0.1) is 0 Å². The minimum absolute atomic E-state index is 0.0767. The van der Waals surface area contributed by atoms with Gasteiger partial charge in [0.05, 0.1) is 30.5 Å². The highest BCUT2D eigenvalue weighted by Crippen LogP contribution is 2.32. The molecular formula is C20H20N4O5S. The van der Waals surface area contributed by atoms with Gasteiger partial charge in [0.1, 0.15) is 0 Å². The van der Waals surface area contributed by atoms with Crippen LogP contribution in [0.25, 0.3) is 0 Å². The highest BCUT2D eigenvalue weighted by atomic mass is 32.2. The molecule has 0 saturated heterocycles. The first-order valence-electron chi connectivity index (χ1n) is 8.95. The lowest BCUT2D eigenvalue weighted by atomic mass is 9.94. The number of carbonyl (C=O) groups excluding carboxylic acids is 1. The molecule has 1 N–H and O–H groups in total. The van der Waals surface area contributed by atoms with Gasteiger partial charge < -0.3 is 9.47 Å². The van der Waals surface area contributed by atoms with Crippen molar-refractivity contribution in [3.63, 3.8) is 0 Å². The van der Waals surface area contributed by atoms with Gasteiger partial charge in [-0.2, -0.15) is 23.1 Å². The van der Waals surface area contributed by atoms with E-state index in [-0.39, 0.29) is 28.2 Å². The molecule has 10 heteroatoms. The molecule has 0 aromatic heterocycles. The summed E-state index contributed by atoms with van der Waals surface area (Å²) in [6.07, 6.45) is 2.04. The molecule has 9 nitrogen and oxygen atoms in total. The van der Waals surface area contributed by atoms with E-state index in [9.17, 15) is 18.5 Å². The molecule has 2 aromatic rings. The maximum atomic E-state index is 13.0. The predicted octanol–water partition coefficient (Wildman–Crippen LogP) is 2.24. The summed E-state index contributed by atoms with van der Waals surface area (Å²) >= 11 is 0. The Kier molecular flexibility index (Phi) is 5.94. The second kappa shape index (κ2) is 8.42. The second-order valence-electron chi connectivity index (χ2n) is 6.57. The average Bonchev–Trinajstić information content (AvgIpc) is 2.74. The van der Waals surface area contributed by atoms with Crippen molar-refractivity contribution >= 4 is 27.3 Å². The van der Waals surface area contributed by atoms with Crippen LogP contribution in [0.3, 0.4) is 0 Å². The highest BCUT2D eigenvalue weighted by Gasteiger charge is 2.27. The lowest BCUT2D eigenvalue weighted by molar-refractivity contribution is -0.121. The molecular weight excluding hydrogens is 408 g/mol. The van der Waals surface area contributed by atoms with Crippen LogP contribution in [0.15, 0.2) is 52.5 Å². The largest absolute Gasteiger partial charge is 0.493 e. The molecule has 3 rings (SSSR count). The molecule has 156 valence electrons. The van der Waals surface area contributed by atoms with E-state index in [1.165, 1.54) is 44.6 Å². The number of sulfonamides is 1. The maximum absolute atomic E-state index is 13.0. The number of amides is 1. The molecule has 1 amide bonds. The van der Waals surface area contributed by atoms with Gasteiger partial charge in [0.15, 0.2) is 17.7 Å². The monoisotopic (exact) mass is 428 g/mol. The Morgan fingerprint density at radius 3 is 2.37 bits per heavy atom. The zero-order valence-corrected chi connectivity index (χ0v) is 17.4. The number of hydrogen-bond acceptors (Lipinski definition) is 7. The van der Waals surface area contributed by atoms with Gasteiger partial charge in [-0.3, -0.25) is 4.79 Å². The first-order chi connectivity index (χ1) is 14.3. The molecule has 0 fully saturated rings. The molecule has 0 spiro atoms. The van der Waals surface area contributed by atoms with E-state index in [2.05, 4.69) is 10.5 Å². The van der Waals surface area contributed by atoms with Crippen molar-refractivity contribution in [2.24, 2.45) is 11.0 Å². The number of nitrogens with one attached hydrogen (secondary N) is 1. The summed E-state index contributed by atoms with van der Waals surface area (Å²) in [6.45, 7) is 1.88. The molecule has 1 unspecified atom stereocenters. The predicted molar refractivity (Wildman–Crippen MR) is 110 cm³/mol. The highest BCUT2D eigenvalue weighted by molar-refractivity contribution is 7.93. The minimum atomic E-state index is -4.17. The summed E-state index contributed by atoms with van der Waals surface area (Å²) in [4.78, 5) is 11.3. The van der Waals surface area contributed by atoms with Gasteiger partial charge in [-0.25, -0.2) is 5.43 Å². The fourth-order valence-corrected chi connectivity index (χ4v) is 4.32. The fraction of sp³-hybridized carbons (Fsp3) is 0.250. The molecule has 0 bridgehead atoms. The summed E-state index contributed by atoms with van der Waals surface area (Å²) in [5.41, 5.74) is 4.03. The zero-order valence-electron chi connectivity index (χ0n) is 16.6. The number of methoxy groups -OCH3 is 2. The molecule has 1 atom stereocenters. The Morgan fingerprint density at radius 2 is 1.80 bits per heavy atom. The molecule has 0 radical (unpaired) electrons. The van der Waals surface area contributed by atoms with E-state index < -0.39 is 10.0 Å². The standard InChI is InChI=1S/C20H20N4O5S/c1-13-10-19(25)22-23-20(13)14-4-6-15(7-5-14)24(12-21)30(26,27)16-8-9-17(28-2)18(11-16)29-3/h4-9,11,13H,10H2,1-3H3,(H,22,25). The number of rotatable bonds is 6. The van der Waals surface area contributed by atoms with Crippen LogP contribution < -0.4 is 19.2 Å². The van der Waals surface area contributed by atoms with E-state index in [4.69, 9.17) is 9.47 Å². The topological polar surface area (TPSA) is 121 Å². The summed E-state index contributed by atoms with van der Waals surface area (Å²) < 4.78 is 37.0. The van der Waals surface area contributed by atoms with Gasteiger partial charge in [-0.05, 0) is 29.8 Å². The van der Waals surface area contributed by atoms with Crippen molar-refractivity contribution in [2.75, 3.05) is 18.5 Å². The van der Waals surface area contributed by atoms with Crippen LogP contribution in [0.5, 0.6) is 11.5 Å². The third-order valence-corrected chi connectivity index (χ3v) is 6.26. The summed E-state index contributed by atoms with van der Waals surface area (Å²) in [7, 11) is -1.33. The van der Waals surface area contributed by atoms with Crippen molar-refractivity contribution in [3.8, 4) is 17.7 Å². The van der Waals surface area contributed by atoms with E-state index >= 15 is 0 Å². The third kappa shape index (κ3) is 3.92. The smallest absolute Gasteiger partial charge is 0.277 e. The molecule has 0 saturated carbocycles. The molecule has 0 aliphatic carbocycles. The van der Waals surface area contributed by atoms with Gasteiger partial charge in [0.2, 0.25) is 5.91 Å². The van der Waals surface area contributed by atoms with Crippen LogP contribution in [-0.2, 0) is 14.8 Å². The van der Waals surface area contributed by atoms with Crippen LogP contribution in [0.1, 0.15) is 18.9 Å². The number of ether oxygens (including phenoxy) is 2. The SMILES string of the molecule is COc1ccc(S(=O)(=O)N(C#N)c2ccc(C3=NNC(=O)CC3C)cc2)cc1OC. The molecule has 1 aliphatic rings. The van der Waals surface area contributed by atoms with Crippen LogP contribution in [0.2, 0.25) is 0 Å². The maximum Gasteiger partial charge on any atom is 0.277 e. The van der Waals surface area contributed by atoms with E-state index in [1.807, 2.05) is 6.92 Å². The van der Waals surface area contributed by atoms with Gasteiger partial charge in [0.25, 0.3) is 10.0 Å². The quantitative estimate of drug-likeness (QED) is 0.556. The lowest BCUT2D eigenvalue weighted by Crippen LogP contribution is -2.32. The van der Waals surface area contributed by atoms with Gasteiger partial charge >= 0.3 is 0 Å². The average molecular weight is 428 g/mol. The Labute approximate surface area is 174 Å².